The molecule has 0 amide bonds. The molecule has 3 rings (SSSR count). The van der Waals surface area contributed by atoms with E-state index in [4.69, 9.17) is 0 Å². The van der Waals surface area contributed by atoms with Crippen LogP contribution in [0.2, 0.25) is 0 Å². The summed E-state index contributed by atoms with van der Waals surface area (Å²) in [4.78, 5) is 11.4. The monoisotopic (exact) mass is 286 g/mol. The van der Waals surface area contributed by atoms with Crippen LogP contribution in [-0.4, -0.2) is 52.8 Å². The second-order valence-corrected chi connectivity index (χ2v) is 5.66. The van der Waals surface area contributed by atoms with Crippen LogP contribution in [0.5, 0.6) is 0 Å². The molecule has 5 nitrogen and oxygen atoms in total. The molecule has 0 radical (unpaired) electrons. The Hall–Kier alpha value is -1.72. The van der Waals surface area contributed by atoms with Crippen LogP contribution in [0.25, 0.3) is 11.0 Å². The summed E-state index contributed by atoms with van der Waals surface area (Å²) in [5, 5.41) is 12.6. The van der Waals surface area contributed by atoms with Crippen molar-refractivity contribution in [3.05, 3.63) is 30.5 Å². The van der Waals surface area contributed by atoms with Gasteiger partial charge in [0.15, 0.2) is 0 Å². The molecule has 0 spiro atoms. The Morgan fingerprint density at radius 3 is 3.00 bits per heavy atom. The number of fused-ring (bicyclic) bond motifs is 1. The largest absolute Gasteiger partial charge is 0.396 e. The molecule has 1 atom stereocenters. The third-order valence-corrected chi connectivity index (χ3v) is 4.04. The predicted molar refractivity (Wildman–Crippen MR) is 84.3 cm³/mol. The number of rotatable bonds is 5. The van der Waals surface area contributed by atoms with E-state index in [1.807, 2.05) is 24.3 Å². The molecule has 1 saturated heterocycles. The van der Waals surface area contributed by atoms with Crippen LogP contribution in [0.3, 0.4) is 0 Å². The van der Waals surface area contributed by atoms with Gasteiger partial charge >= 0.3 is 0 Å². The van der Waals surface area contributed by atoms with Crippen molar-refractivity contribution in [3.63, 3.8) is 0 Å². The van der Waals surface area contributed by atoms with Crippen LogP contribution in [0, 0.1) is 5.92 Å². The van der Waals surface area contributed by atoms with Crippen molar-refractivity contribution in [2.75, 3.05) is 38.1 Å². The summed E-state index contributed by atoms with van der Waals surface area (Å²) in [5.41, 5.74) is 1.84. The fourth-order valence-corrected chi connectivity index (χ4v) is 2.89. The van der Waals surface area contributed by atoms with E-state index in [1.54, 1.807) is 6.20 Å². The van der Waals surface area contributed by atoms with Gasteiger partial charge in [0.1, 0.15) is 5.82 Å². The maximum absolute atomic E-state index is 9.25. The van der Waals surface area contributed by atoms with Crippen LogP contribution in [-0.2, 0) is 0 Å². The van der Waals surface area contributed by atoms with E-state index in [0.717, 1.165) is 49.5 Å². The second-order valence-electron chi connectivity index (χ2n) is 5.66. The van der Waals surface area contributed by atoms with Crippen molar-refractivity contribution < 1.29 is 5.11 Å². The summed E-state index contributed by atoms with van der Waals surface area (Å²) < 4.78 is 0. The number of hydrogen-bond acceptors (Lipinski definition) is 5. The Labute approximate surface area is 125 Å². The van der Waals surface area contributed by atoms with Crippen LogP contribution in [0.15, 0.2) is 30.5 Å². The van der Waals surface area contributed by atoms with Gasteiger partial charge in [-0.3, -0.25) is 4.98 Å². The highest BCUT2D eigenvalue weighted by atomic mass is 16.3. The molecule has 112 valence electrons. The van der Waals surface area contributed by atoms with E-state index in [2.05, 4.69) is 20.2 Å². The Kier molecular flexibility index (Phi) is 4.62. The van der Waals surface area contributed by atoms with E-state index in [0.29, 0.717) is 12.5 Å². The molecule has 1 aliphatic heterocycles. The first-order valence-corrected chi connectivity index (χ1v) is 7.64. The molecule has 0 saturated carbocycles. The van der Waals surface area contributed by atoms with Crippen LogP contribution < -0.4 is 5.32 Å². The first-order chi connectivity index (χ1) is 10.3. The van der Waals surface area contributed by atoms with Gasteiger partial charge < -0.3 is 15.3 Å². The summed E-state index contributed by atoms with van der Waals surface area (Å²) in [6.45, 7) is 4.26. The highest BCUT2D eigenvalue weighted by Gasteiger charge is 2.18. The van der Waals surface area contributed by atoms with Gasteiger partial charge in [0.25, 0.3) is 0 Å². The molecule has 21 heavy (non-hydrogen) atoms. The number of aliphatic hydroxyl groups excluding tert-OH is 1. The molecule has 1 fully saturated rings. The fraction of sp³-hybridized carbons (Fsp3) is 0.500. The van der Waals surface area contributed by atoms with Crippen LogP contribution in [0.1, 0.15) is 12.8 Å². The Morgan fingerprint density at radius 2 is 2.14 bits per heavy atom. The minimum atomic E-state index is 0.306. The molecule has 0 aliphatic carbocycles. The number of aliphatic hydroxyl groups is 1. The number of para-hydroxylation sites is 2. The average Bonchev–Trinajstić information content (AvgIpc) is 2.55. The summed E-state index contributed by atoms with van der Waals surface area (Å²) >= 11 is 0. The number of aromatic nitrogens is 2. The van der Waals surface area contributed by atoms with Gasteiger partial charge in [-0.1, -0.05) is 12.1 Å². The molecular weight excluding hydrogens is 264 g/mol. The molecule has 5 heteroatoms. The summed E-state index contributed by atoms with van der Waals surface area (Å²) in [6.07, 6.45) is 4.12. The minimum absolute atomic E-state index is 0.306. The van der Waals surface area contributed by atoms with E-state index in [9.17, 15) is 5.11 Å². The lowest BCUT2D eigenvalue weighted by molar-refractivity contribution is 0.123. The van der Waals surface area contributed by atoms with Crippen LogP contribution >= 0.6 is 0 Å². The van der Waals surface area contributed by atoms with E-state index in [1.165, 1.54) is 6.42 Å². The van der Waals surface area contributed by atoms with Crippen molar-refractivity contribution >= 4 is 16.9 Å². The van der Waals surface area contributed by atoms with Crippen molar-refractivity contribution in [2.45, 2.75) is 12.8 Å². The van der Waals surface area contributed by atoms with Gasteiger partial charge in [0.2, 0.25) is 0 Å². The number of benzene rings is 1. The molecule has 2 N–H and O–H groups in total. The molecule has 0 unspecified atom stereocenters. The molecule has 2 aromatic rings. The zero-order valence-corrected chi connectivity index (χ0v) is 12.2. The molecule has 0 bridgehead atoms. The van der Waals surface area contributed by atoms with Crippen molar-refractivity contribution in [1.82, 2.24) is 14.9 Å². The highest BCUT2D eigenvalue weighted by molar-refractivity contribution is 5.75. The topological polar surface area (TPSA) is 61.3 Å². The lowest BCUT2D eigenvalue weighted by Gasteiger charge is -2.31. The third-order valence-electron chi connectivity index (χ3n) is 4.04. The quantitative estimate of drug-likeness (QED) is 0.877. The molecule has 2 heterocycles. The number of nitrogens with one attached hydrogen (secondary N) is 1. The van der Waals surface area contributed by atoms with Gasteiger partial charge in [-0.25, -0.2) is 4.98 Å². The predicted octanol–water partition coefficient (Wildman–Crippen LogP) is 1.75. The van der Waals surface area contributed by atoms with Gasteiger partial charge in [0.05, 0.1) is 17.2 Å². The van der Waals surface area contributed by atoms with Gasteiger partial charge in [-0.2, -0.15) is 0 Å². The number of likely N-dealkylation sites (tertiary alicyclic amines) is 1. The summed E-state index contributed by atoms with van der Waals surface area (Å²) in [5.74, 6) is 1.27. The molecular formula is C16H22N4O. The number of anilines is 1. The van der Waals surface area contributed by atoms with Gasteiger partial charge in [-0.15, -0.1) is 0 Å². The van der Waals surface area contributed by atoms with Crippen molar-refractivity contribution in [2.24, 2.45) is 5.92 Å². The van der Waals surface area contributed by atoms with E-state index < -0.39 is 0 Å². The lowest BCUT2D eigenvalue weighted by atomic mass is 9.99. The molecule has 1 aromatic heterocycles. The minimum Gasteiger partial charge on any atom is -0.396 e. The summed E-state index contributed by atoms with van der Waals surface area (Å²) in [6, 6.07) is 7.89. The standard InChI is InChI=1S/C16H22N4O/c21-12-13-4-3-8-20(11-13)9-7-17-16-10-18-14-5-1-2-6-15(14)19-16/h1-2,5-6,10,13,21H,3-4,7-9,11-12H2,(H,17,19)/t13-/m0/s1. The highest BCUT2D eigenvalue weighted by Crippen LogP contribution is 2.15. The van der Waals surface area contributed by atoms with Crippen molar-refractivity contribution in [3.8, 4) is 0 Å². The van der Waals surface area contributed by atoms with E-state index >= 15 is 0 Å². The maximum atomic E-state index is 9.25. The third kappa shape index (κ3) is 3.68. The van der Waals surface area contributed by atoms with Gasteiger partial charge in [0, 0.05) is 26.2 Å². The number of nitrogens with zero attached hydrogens (tertiary/aromatic N) is 3. The SMILES string of the molecule is OC[C@H]1CCCN(CCNc2cnc3ccccc3n2)C1. The van der Waals surface area contributed by atoms with Gasteiger partial charge in [-0.05, 0) is 37.4 Å². The lowest BCUT2D eigenvalue weighted by Crippen LogP contribution is -2.39. The normalized spacial score (nSPS) is 19.8. The molecule has 1 aromatic carbocycles. The van der Waals surface area contributed by atoms with E-state index in [-0.39, 0.29) is 0 Å². The average molecular weight is 286 g/mol. The first-order valence-electron chi connectivity index (χ1n) is 7.64. The maximum Gasteiger partial charge on any atom is 0.145 e. The number of hydrogen-bond donors (Lipinski definition) is 2. The molecule has 1 aliphatic rings. The Bertz CT molecular complexity index is 589. The number of piperidine rings is 1. The smallest absolute Gasteiger partial charge is 0.145 e. The Balaban J connectivity index is 1.52. The fourth-order valence-electron chi connectivity index (χ4n) is 2.89. The first kappa shape index (κ1) is 14.2. The zero-order chi connectivity index (χ0) is 14.5. The zero-order valence-electron chi connectivity index (χ0n) is 12.2. The second kappa shape index (κ2) is 6.83. The summed E-state index contributed by atoms with van der Waals surface area (Å²) in [7, 11) is 0. The Morgan fingerprint density at radius 1 is 1.29 bits per heavy atom. The van der Waals surface area contributed by atoms with Crippen molar-refractivity contribution in [1.29, 1.82) is 0 Å². The van der Waals surface area contributed by atoms with Crippen LogP contribution in [0.4, 0.5) is 5.82 Å².